The van der Waals surface area contributed by atoms with Crippen molar-refractivity contribution in [3.8, 4) is 11.5 Å². The second-order valence-corrected chi connectivity index (χ2v) is 18.0. The van der Waals surface area contributed by atoms with Crippen LogP contribution in [0.2, 0.25) is 0 Å². The maximum atomic E-state index is 14.8. The summed E-state index contributed by atoms with van der Waals surface area (Å²) in [4.78, 5) is 49.1. The third kappa shape index (κ3) is 11.8. The van der Waals surface area contributed by atoms with Gasteiger partial charge in [-0.1, -0.05) is 72.8 Å². The van der Waals surface area contributed by atoms with Gasteiger partial charge in [0.2, 0.25) is 5.95 Å². The number of nitrogens with one attached hydrogen (secondary N) is 3. The predicted molar refractivity (Wildman–Crippen MR) is 231 cm³/mol. The number of carbonyl (C=O) groups is 2. The molecule has 0 spiro atoms. The van der Waals surface area contributed by atoms with E-state index in [9.17, 15) is 23.5 Å². The molecule has 6 rings (SSSR count). The van der Waals surface area contributed by atoms with E-state index in [1.165, 1.54) is 24.7 Å². The molecule has 2 heterocycles. The minimum absolute atomic E-state index is 0.0224. The summed E-state index contributed by atoms with van der Waals surface area (Å²) in [5.41, 5.74) is 5.29. The van der Waals surface area contributed by atoms with Crippen LogP contribution in [0.15, 0.2) is 96.1 Å². The average Bonchev–Trinajstić information content (AvgIpc) is 3.63. The van der Waals surface area contributed by atoms with Gasteiger partial charge in [0.05, 0.1) is 31.7 Å². The van der Waals surface area contributed by atoms with Crippen LogP contribution < -0.4 is 30.5 Å². The Morgan fingerprint density at radius 3 is 1.68 bits per heavy atom. The average molecular weight is 894 g/mol. The Morgan fingerprint density at radius 1 is 0.726 bits per heavy atom. The number of hydrogen-bond donors (Lipinski definition) is 4. The van der Waals surface area contributed by atoms with Crippen LogP contribution in [-0.4, -0.2) is 75.1 Å². The maximum Gasteiger partial charge on any atom is 0.459 e. The molecule has 6 aromatic rings. The van der Waals surface area contributed by atoms with E-state index in [-0.39, 0.29) is 35.3 Å². The Morgan fingerprint density at radius 2 is 1.19 bits per heavy atom. The minimum Gasteiger partial charge on any atom is -0.462 e. The number of ether oxygens (including phenoxy) is 3. The molecule has 62 heavy (non-hydrogen) atoms. The Bertz CT molecular complexity index is 2550. The molecule has 0 aliphatic heterocycles. The lowest BCUT2D eigenvalue weighted by Gasteiger charge is -2.27. The van der Waals surface area contributed by atoms with Gasteiger partial charge in [0.25, 0.3) is 5.56 Å². The second-order valence-electron chi connectivity index (χ2n) is 14.7. The Balaban J connectivity index is 1.33. The van der Waals surface area contributed by atoms with Gasteiger partial charge in [-0.3, -0.25) is 33.0 Å². The van der Waals surface area contributed by atoms with Crippen molar-refractivity contribution < 1.29 is 51.0 Å². The Kier molecular flexibility index (Phi) is 14.8. The van der Waals surface area contributed by atoms with Crippen molar-refractivity contribution in [2.75, 3.05) is 18.9 Å². The summed E-state index contributed by atoms with van der Waals surface area (Å²) in [5.74, 6) is -1.26. The SMILES string of the molecule is CC(C)OC(=O)[C@H](C)NP(=O)(OCC(COP(=O)(N[C@@H](C)C(=O)OC(C)C)Oc1cccc2ccccc12)OCn1cnc2c(=O)[nH]c(N)nc21)Oc1cccc2ccccc12. The normalized spacial score (nSPS) is 15.2. The molecular formula is C41H49N7O12P2. The van der Waals surface area contributed by atoms with Crippen molar-refractivity contribution in [2.45, 2.75) is 78.7 Å². The van der Waals surface area contributed by atoms with Gasteiger partial charge in [-0.25, -0.2) is 14.1 Å². The Labute approximate surface area is 356 Å². The number of aromatic nitrogens is 4. The number of carbonyl (C=O) groups excluding carboxylic acids is 2. The number of benzene rings is 4. The molecule has 2 aromatic heterocycles. The number of hydrogen-bond acceptors (Lipinski definition) is 15. The van der Waals surface area contributed by atoms with Crippen molar-refractivity contribution in [2.24, 2.45) is 0 Å². The highest BCUT2D eigenvalue weighted by molar-refractivity contribution is 7.52. The number of rotatable bonds is 21. The number of imidazole rings is 1. The summed E-state index contributed by atoms with van der Waals surface area (Å²) in [6, 6.07) is 22.4. The van der Waals surface area contributed by atoms with Crippen molar-refractivity contribution in [1.29, 1.82) is 0 Å². The van der Waals surface area contributed by atoms with Gasteiger partial charge >= 0.3 is 27.4 Å². The fourth-order valence-corrected chi connectivity index (χ4v) is 9.08. The van der Waals surface area contributed by atoms with Gasteiger partial charge in [-0.2, -0.15) is 15.2 Å². The molecule has 4 atom stereocenters. The third-order valence-corrected chi connectivity index (χ3v) is 12.1. The van der Waals surface area contributed by atoms with E-state index in [2.05, 4.69) is 25.1 Å². The van der Waals surface area contributed by atoms with Crippen LogP contribution in [0, 0.1) is 0 Å². The molecule has 0 saturated heterocycles. The molecule has 4 aromatic carbocycles. The summed E-state index contributed by atoms with van der Waals surface area (Å²) in [6.45, 7) is 8.01. The van der Waals surface area contributed by atoms with Gasteiger partial charge in [-0.15, -0.1) is 0 Å². The van der Waals surface area contributed by atoms with Crippen LogP contribution in [0.3, 0.4) is 0 Å². The number of nitrogen functional groups attached to an aromatic ring is 1. The first-order valence-electron chi connectivity index (χ1n) is 19.6. The second kappa shape index (κ2) is 20.0. The van der Waals surface area contributed by atoms with E-state index in [1.807, 2.05) is 36.4 Å². The van der Waals surface area contributed by atoms with Gasteiger partial charge in [-0.05, 0) is 64.4 Å². The molecule has 0 aliphatic rings. The smallest absolute Gasteiger partial charge is 0.459 e. The van der Waals surface area contributed by atoms with Crippen LogP contribution in [0.1, 0.15) is 41.5 Å². The number of anilines is 1. The van der Waals surface area contributed by atoms with Gasteiger partial charge in [0.15, 0.2) is 11.2 Å². The standard InChI is InChI=1S/C41H49N7O12P2/c1-25(2)57-39(50)27(5)46-61(52,59-34-19-11-15-29-13-7-9-17-32(29)34)55-21-31(54-24-48-23-43-36-37(48)44-41(42)45-38(36)49)22-56-62(53,47-28(6)40(51)58-26(3)4)60-35-20-12-16-30-14-8-10-18-33(30)35/h7-20,23,25-28,31H,21-22,24H2,1-6H3,(H,46,52)(H,47,53)(H3,42,44,45,49)/t27-,28-,31?,61?,62?/m0/s1. The number of nitrogens with two attached hydrogens (primary N) is 1. The molecule has 0 amide bonds. The van der Waals surface area contributed by atoms with Gasteiger partial charge < -0.3 is 29.0 Å². The van der Waals surface area contributed by atoms with Crippen LogP contribution >= 0.6 is 15.5 Å². The molecule has 0 fully saturated rings. The fourth-order valence-electron chi connectivity index (χ4n) is 6.00. The van der Waals surface area contributed by atoms with Crippen LogP contribution in [0.5, 0.6) is 11.5 Å². The topological polar surface area (TPSA) is 247 Å². The molecular weight excluding hydrogens is 844 g/mol. The van der Waals surface area contributed by atoms with Crippen LogP contribution in [0.4, 0.5) is 5.95 Å². The highest BCUT2D eigenvalue weighted by Gasteiger charge is 2.37. The fraction of sp³-hybridized carbons (Fsp3) is 0.341. The van der Waals surface area contributed by atoms with E-state index >= 15 is 0 Å². The summed E-state index contributed by atoms with van der Waals surface area (Å²) in [6.07, 6.45) is -0.937. The summed E-state index contributed by atoms with van der Waals surface area (Å²) >= 11 is 0. The molecule has 0 bridgehead atoms. The first-order chi connectivity index (χ1) is 29.5. The highest BCUT2D eigenvalue weighted by Crippen LogP contribution is 2.49. The van der Waals surface area contributed by atoms with Crippen molar-refractivity contribution in [1.82, 2.24) is 29.7 Å². The largest absolute Gasteiger partial charge is 0.462 e. The summed E-state index contributed by atoms with van der Waals surface area (Å²) in [5, 5.41) is 8.10. The predicted octanol–water partition coefficient (Wildman–Crippen LogP) is 6.62. The number of H-pyrrole nitrogens is 1. The minimum atomic E-state index is -4.54. The summed E-state index contributed by atoms with van der Waals surface area (Å²) < 4.78 is 72.2. The van der Waals surface area contributed by atoms with E-state index in [0.717, 1.165) is 10.8 Å². The molecule has 0 saturated carbocycles. The van der Waals surface area contributed by atoms with Crippen molar-refractivity contribution >= 4 is 66.1 Å². The number of aromatic amines is 1. The molecule has 5 N–H and O–H groups in total. The van der Waals surface area contributed by atoms with Crippen molar-refractivity contribution in [3.05, 3.63) is 102 Å². The molecule has 21 heteroatoms. The van der Waals surface area contributed by atoms with Gasteiger partial charge in [0.1, 0.15) is 36.4 Å². The van der Waals surface area contributed by atoms with Crippen LogP contribution in [0.25, 0.3) is 32.7 Å². The molecule has 19 nitrogen and oxygen atoms in total. The number of fused-ring (bicyclic) bond motifs is 3. The van der Waals surface area contributed by atoms with Crippen LogP contribution in [-0.2, 0) is 48.7 Å². The number of esters is 2. The van der Waals surface area contributed by atoms with Gasteiger partial charge in [0, 0.05) is 10.8 Å². The Hall–Kier alpha value is -5.65. The lowest BCUT2D eigenvalue weighted by molar-refractivity contribution is -0.150. The van der Waals surface area contributed by atoms with E-state index in [0.29, 0.717) is 10.8 Å². The highest BCUT2D eigenvalue weighted by atomic mass is 31.2. The zero-order chi connectivity index (χ0) is 44.6. The first-order valence-corrected chi connectivity index (χ1v) is 22.7. The summed E-state index contributed by atoms with van der Waals surface area (Å²) in [7, 11) is -9.08. The maximum absolute atomic E-state index is 14.8. The van der Waals surface area contributed by atoms with Crippen molar-refractivity contribution in [3.63, 3.8) is 0 Å². The first kappa shape index (κ1) is 45.9. The monoisotopic (exact) mass is 893 g/mol. The van der Waals surface area contributed by atoms with E-state index in [1.54, 1.807) is 76.2 Å². The zero-order valence-corrected chi connectivity index (χ0v) is 36.7. The van der Waals surface area contributed by atoms with E-state index in [4.69, 9.17) is 38.0 Å². The lowest BCUT2D eigenvalue weighted by atomic mass is 10.1. The zero-order valence-electron chi connectivity index (χ0n) is 34.9. The third-order valence-electron chi connectivity index (χ3n) is 8.85. The molecule has 0 aliphatic carbocycles. The molecule has 330 valence electrons. The van der Waals surface area contributed by atoms with E-state index < -0.39 is 76.6 Å². The molecule has 0 radical (unpaired) electrons. The lowest BCUT2D eigenvalue weighted by Crippen LogP contribution is -2.38. The number of nitrogens with zero attached hydrogens (tertiary/aromatic N) is 3. The molecule has 2 unspecified atom stereocenters. The quantitative estimate of drug-likeness (QED) is 0.0438.